The van der Waals surface area contributed by atoms with Gasteiger partial charge in [-0.15, -0.1) is 0 Å². The van der Waals surface area contributed by atoms with Crippen molar-refractivity contribution in [3.8, 4) is 0 Å². The molecule has 0 spiro atoms. The molecule has 4 heteroatoms. The summed E-state index contributed by atoms with van der Waals surface area (Å²) in [5, 5.41) is 0. The molecule has 0 saturated carbocycles. The van der Waals surface area contributed by atoms with E-state index in [0.717, 1.165) is 0 Å². The molecule has 0 saturated heterocycles. The molecule has 0 aromatic carbocycles. The molecule has 34 valence electrons. The summed E-state index contributed by atoms with van der Waals surface area (Å²) < 4.78 is 9.56. The molecule has 0 aliphatic rings. The van der Waals surface area contributed by atoms with Gasteiger partial charge in [-0.25, -0.2) is 9.59 Å². The Balaban J connectivity index is 3.21. The van der Waals surface area contributed by atoms with E-state index >= 15 is 0 Å². The van der Waals surface area contributed by atoms with Crippen molar-refractivity contribution in [2.24, 2.45) is 0 Å². The smallest absolute Gasteiger partial charge is 0.325 e. The first kappa shape index (κ1) is 5.65. The molecule has 0 atom stereocenters. The average Bonchev–Trinajstić information content (AvgIpc) is 1.65. The summed E-state index contributed by atoms with van der Waals surface area (Å²) in [6, 6.07) is 0. The Kier molecular flexibility index (Phi) is 2.70. The predicted molar refractivity (Wildman–Crippen MR) is 21.6 cm³/mol. The van der Waals surface area contributed by atoms with Crippen LogP contribution in [0.25, 0.3) is 0 Å². The molecule has 0 aliphatic heterocycles. The lowest BCUT2D eigenvalue weighted by molar-refractivity contribution is 0.549. The zero-order valence-corrected chi connectivity index (χ0v) is 3.60. The third-order valence-electron chi connectivity index (χ3n) is 0.190. The van der Waals surface area contributed by atoms with Gasteiger partial charge in [0.1, 0.15) is 0 Å². The van der Waals surface area contributed by atoms with Gasteiger partial charge in [-0.05, 0) is 0 Å². The highest BCUT2D eigenvalue weighted by atomic mass is 32.2. The highest BCUT2D eigenvalue weighted by Gasteiger charge is 1.94. The van der Waals surface area contributed by atoms with Gasteiger partial charge >= 0.3 is 11.2 Å². The van der Waals surface area contributed by atoms with E-state index in [9.17, 15) is 14.1 Å². The fraction of sp³-hybridized carbons (Fsp3) is 0. The van der Waals surface area contributed by atoms with Crippen LogP contribution in [0.3, 0.4) is 0 Å². The Hall–Kier alpha value is -0.350. The van der Waals surface area contributed by atoms with Gasteiger partial charge in [0.05, 0.1) is 11.2 Å². The lowest BCUT2D eigenvalue weighted by Gasteiger charge is -1.82. The molecular weight excluding hydrogens is 104 g/mol. The molecule has 3 nitrogen and oxygen atoms in total. The van der Waals surface area contributed by atoms with Gasteiger partial charge in [0, 0.05) is 0 Å². The van der Waals surface area contributed by atoms with Gasteiger partial charge in [0.25, 0.3) is 0 Å². The molecule has 0 aliphatic carbocycles. The van der Waals surface area contributed by atoms with Gasteiger partial charge in [-0.2, -0.15) is 0 Å². The Labute approximate surface area is 37.5 Å². The second-order valence-corrected chi connectivity index (χ2v) is 1.56. The predicted octanol–water partition coefficient (Wildman–Crippen LogP) is -0.885. The number of hydrogen-bond acceptors (Lipinski definition) is 3. The number of hydrogen-bond donors (Lipinski definition) is 0. The molecule has 0 radical (unpaired) electrons. The fourth-order valence-corrected chi connectivity index (χ4v) is 0.0680. The highest BCUT2D eigenvalue weighted by Crippen LogP contribution is 1.68. The third kappa shape index (κ3) is 1.92. The van der Waals surface area contributed by atoms with Crippen LogP contribution in [0.2, 0.25) is 0 Å². The van der Waals surface area contributed by atoms with Crippen molar-refractivity contribution in [2.45, 2.75) is 0 Å². The molecular formula is C2H2O3S. The minimum atomic E-state index is -1.90. The summed E-state index contributed by atoms with van der Waals surface area (Å²) in [7, 11) is 0. The van der Waals surface area contributed by atoms with Gasteiger partial charge in [0.15, 0.2) is 0 Å². The van der Waals surface area contributed by atoms with Crippen LogP contribution in [0, 0.1) is 0 Å². The molecule has 0 rings (SSSR count). The van der Waals surface area contributed by atoms with Crippen LogP contribution in [0.5, 0.6) is 0 Å². The topological polar surface area (TPSA) is 57.2 Å². The standard InChI is InChI=1S/C2H2O3S/c3-1-6(5)2-4/h1-2H. The van der Waals surface area contributed by atoms with Crippen LogP contribution in [-0.4, -0.2) is 15.8 Å². The van der Waals surface area contributed by atoms with Crippen LogP contribution in [0.1, 0.15) is 0 Å². The van der Waals surface area contributed by atoms with E-state index in [-0.39, 0.29) is 11.2 Å². The van der Waals surface area contributed by atoms with E-state index in [2.05, 4.69) is 0 Å². The number of rotatable bonds is 2. The normalized spacial score (nSPS) is 8.33. The third-order valence-corrected chi connectivity index (χ3v) is 0.569. The largest absolute Gasteiger partial charge is 0.602 e. The van der Waals surface area contributed by atoms with Crippen LogP contribution in [-0.2, 0) is 20.8 Å². The zero-order chi connectivity index (χ0) is 4.99. The Morgan fingerprint density at radius 1 is 1.33 bits per heavy atom. The molecule has 0 heterocycles. The lowest BCUT2D eigenvalue weighted by Crippen LogP contribution is -1.99. The minimum absolute atomic E-state index is 0.0764. The monoisotopic (exact) mass is 106 g/mol. The van der Waals surface area contributed by atoms with Gasteiger partial charge in [0.2, 0.25) is 0 Å². The van der Waals surface area contributed by atoms with Crippen molar-refractivity contribution in [3.05, 3.63) is 0 Å². The molecule has 0 bridgehead atoms. The second kappa shape index (κ2) is 2.87. The molecule has 0 aromatic rings. The Bertz CT molecular complexity index is 53.8. The van der Waals surface area contributed by atoms with Crippen molar-refractivity contribution >= 4 is 22.4 Å². The number of carbonyl (C=O) groups is 2. The van der Waals surface area contributed by atoms with Crippen molar-refractivity contribution < 1.29 is 14.1 Å². The van der Waals surface area contributed by atoms with Crippen LogP contribution >= 0.6 is 0 Å². The van der Waals surface area contributed by atoms with Crippen LogP contribution < -0.4 is 0 Å². The van der Waals surface area contributed by atoms with Crippen molar-refractivity contribution in [1.29, 1.82) is 0 Å². The van der Waals surface area contributed by atoms with E-state index in [1.54, 1.807) is 0 Å². The average molecular weight is 106 g/mol. The van der Waals surface area contributed by atoms with Gasteiger partial charge < -0.3 is 4.55 Å². The SMILES string of the molecule is O=C[S+]([O-])C=O. The first-order valence-electron chi connectivity index (χ1n) is 1.11. The summed E-state index contributed by atoms with van der Waals surface area (Å²) in [5.41, 5.74) is 0.153. The molecule has 0 aromatic heterocycles. The van der Waals surface area contributed by atoms with E-state index in [0.29, 0.717) is 0 Å². The van der Waals surface area contributed by atoms with E-state index in [1.807, 2.05) is 0 Å². The highest BCUT2D eigenvalue weighted by molar-refractivity contribution is 8.15. The first-order valence-corrected chi connectivity index (χ1v) is 2.39. The first-order chi connectivity index (χ1) is 2.81. The summed E-state index contributed by atoms with van der Waals surface area (Å²) >= 11 is -1.90. The van der Waals surface area contributed by atoms with E-state index in [1.165, 1.54) is 0 Å². The Morgan fingerprint density at radius 2 is 1.67 bits per heavy atom. The summed E-state index contributed by atoms with van der Waals surface area (Å²) in [5.74, 6) is 0. The minimum Gasteiger partial charge on any atom is -0.602 e. The summed E-state index contributed by atoms with van der Waals surface area (Å²) in [6.45, 7) is 0. The van der Waals surface area contributed by atoms with Crippen LogP contribution in [0.15, 0.2) is 0 Å². The zero-order valence-electron chi connectivity index (χ0n) is 2.79. The maximum Gasteiger partial charge on any atom is 0.325 e. The molecule has 0 N–H and O–H groups in total. The van der Waals surface area contributed by atoms with Crippen LogP contribution in [0.4, 0.5) is 0 Å². The van der Waals surface area contributed by atoms with Gasteiger partial charge in [-0.3, -0.25) is 0 Å². The van der Waals surface area contributed by atoms with Crippen molar-refractivity contribution in [3.63, 3.8) is 0 Å². The Morgan fingerprint density at radius 3 is 1.67 bits per heavy atom. The van der Waals surface area contributed by atoms with Crippen molar-refractivity contribution in [2.75, 3.05) is 0 Å². The molecule has 6 heavy (non-hydrogen) atoms. The van der Waals surface area contributed by atoms with Crippen molar-refractivity contribution in [1.82, 2.24) is 0 Å². The summed E-state index contributed by atoms with van der Waals surface area (Å²) in [4.78, 5) is 18.4. The molecule has 0 amide bonds. The molecule has 0 unspecified atom stereocenters. The maximum absolute atomic E-state index is 9.56. The molecule has 0 fully saturated rings. The second-order valence-electron chi connectivity index (χ2n) is 0.521. The lowest BCUT2D eigenvalue weighted by atomic mass is 11.8. The number of carbonyl (C=O) groups excluding carboxylic acids is 2. The van der Waals surface area contributed by atoms with Gasteiger partial charge in [-0.1, -0.05) is 0 Å². The summed E-state index contributed by atoms with van der Waals surface area (Å²) in [6.07, 6.45) is 0. The quantitative estimate of drug-likeness (QED) is 0.339. The van der Waals surface area contributed by atoms with E-state index < -0.39 is 11.2 Å². The maximum atomic E-state index is 9.56. The fourth-order valence-electron chi connectivity index (χ4n) is 0.0227. The van der Waals surface area contributed by atoms with E-state index in [4.69, 9.17) is 0 Å².